The van der Waals surface area contributed by atoms with Gasteiger partial charge in [0.2, 0.25) is 0 Å². The summed E-state index contributed by atoms with van der Waals surface area (Å²) in [6, 6.07) is 11.9. The topological polar surface area (TPSA) is 118 Å². The van der Waals surface area contributed by atoms with Crippen LogP contribution in [0, 0.1) is 17.0 Å². The average Bonchev–Trinajstić information content (AvgIpc) is 2.60. The van der Waals surface area contributed by atoms with Gasteiger partial charge < -0.3 is 10.2 Å². The van der Waals surface area contributed by atoms with E-state index in [-0.39, 0.29) is 21.1 Å². The van der Waals surface area contributed by atoms with Crippen molar-refractivity contribution in [1.29, 1.82) is 0 Å². The first-order chi connectivity index (χ1) is 12.3. The van der Waals surface area contributed by atoms with Gasteiger partial charge in [-0.15, -0.1) is 0 Å². The summed E-state index contributed by atoms with van der Waals surface area (Å²) in [5.74, 6) is -3.16. The third-order valence-electron chi connectivity index (χ3n) is 3.39. The van der Waals surface area contributed by atoms with Crippen molar-refractivity contribution >= 4 is 42.3 Å². The number of nitro groups is 1. The fourth-order valence-corrected chi connectivity index (χ4v) is 5.25. The maximum Gasteiger partial charge on any atom is 0.343 e. The zero-order valence-corrected chi connectivity index (χ0v) is 17.3. The van der Waals surface area contributed by atoms with Crippen molar-refractivity contribution in [2.24, 2.45) is 0 Å². The van der Waals surface area contributed by atoms with Crippen LogP contribution in [0.1, 0.15) is 39.6 Å². The Balaban J connectivity index is 0.000000273. The molecule has 0 bridgehead atoms. The van der Waals surface area contributed by atoms with Gasteiger partial charge in [0.25, 0.3) is 5.69 Å². The molecule has 2 aromatic rings. The molecule has 0 atom stereocenters. The van der Waals surface area contributed by atoms with Gasteiger partial charge in [0, 0.05) is 6.07 Å². The van der Waals surface area contributed by atoms with Crippen LogP contribution in [0.25, 0.3) is 0 Å². The molecule has 2 rings (SSSR count). The summed E-state index contributed by atoms with van der Waals surface area (Å²) < 4.78 is 3.16. The zero-order valence-electron chi connectivity index (χ0n) is 14.4. The van der Waals surface area contributed by atoms with Crippen LogP contribution in [-0.2, 0) is 0 Å². The predicted molar refractivity (Wildman–Crippen MR) is 98.7 cm³/mol. The van der Waals surface area contributed by atoms with Gasteiger partial charge >= 0.3 is 91.2 Å². The minimum absolute atomic E-state index is 0.205. The molecule has 0 spiro atoms. The maximum atomic E-state index is 10.7. The quantitative estimate of drug-likeness (QED) is 0.386. The van der Waals surface area contributed by atoms with Crippen molar-refractivity contribution in [2.45, 2.75) is 24.7 Å². The van der Waals surface area contributed by atoms with E-state index in [1.807, 2.05) is 0 Å². The van der Waals surface area contributed by atoms with E-state index in [1.165, 1.54) is 16.4 Å². The molecule has 0 aliphatic rings. The number of rotatable bonds is 6. The summed E-state index contributed by atoms with van der Waals surface area (Å²) >= 11 is -0.205. The van der Waals surface area contributed by atoms with Crippen molar-refractivity contribution in [1.82, 2.24) is 0 Å². The smallest absolute Gasteiger partial charge is 0.343 e. The van der Waals surface area contributed by atoms with E-state index < -0.39 is 33.7 Å². The van der Waals surface area contributed by atoms with Gasteiger partial charge in [0.15, 0.2) is 5.56 Å². The second-order valence-corrected chi connectivity index (χ2v) is 9.28. The van der Waals surface area contributed by atoms with Crippen molar-refractivity contribution in [2.75, 3.05) is 0 Å². The van der Waals surface area contributed by atoms with Crippen LogP contribution in [0.5, 0.6) is 0 Å². The molecule has 0 aromatic heterocycles. The van der Waals surface area contributed by atoms with E-state index in [1.54, 1.807) is 3.58 Å². The van der Waals surface area contributed by atoms with Crippen LogP contribution in [-0.4, -0.2) is 48.2 Å². The van der Waals surface area contributed by atoms with E-state index in [4.69, 9.17) is 10.2 Å². The van der Waals surface area contributed by atoms with Crippen molar-refractivity contribution in [3.63, 3.8) is 0 Å². The van der Waals surface area contributed by atoms with Crippen molar-refractivity contribution in [3.8, 4) is 0 Å². The predicted octanol–water partition coefficient (Wildman–Crippen LogP) is 3.14. The average molecular weight is 464 g/mol. The number of nitro benzene ring substituents is 1. The number of aryl methyl sites for hydroxylation is 1. The van der Waals surface area contributed by atoms with Gasteiger partial charge in [-0.3, -0.25) is 10.1 Å². The van der Waals surface area contributed by atoms with Gasteiger partial charge in [0.05, 0.1) is 10.5 Å². The molecular formula is C18H19NO6Sn. The Morgan fingerprint density at radius 2 is 1.73 bits per heavy atom. The first-order valence-electron chi connectivity index (χ1n) is 7.83. The summed E-state index contributed by atoms with van der Waals surface area (Å²) in [7, 11) is 0. The number of carboxylic acid groups (broad SMARTS) is 2. The third kappa shape index (κ3) is 6.14. The minimum Gasteiger partial charge on any atom is -0.478 e. The minimum atomic E-state index is -1.64. The Labute approximate surface area is 161 Å². The van der Waals surface area contributed by atoms with Gasteiger partial charge in [-0.2, -0.15) is 0 Å². The molecule has 0 unspecified atom stereocenters. The van der Waals surface area contributed by atoms with E-state index in [0.717, 1.165) is 18.2 Å². The summed E-state index contributed by atoms with van der Waals surface area (Å²) in [4.78, 5) is 30.8. The van der Waals surface area contributed by atoms with Crippen molar-refractivity contribution in [3.05, 3.63) is 69.3 Å². The summed E-state index contributed by atoms with van der Waals surface area (Å²) in [6.07, 6.45) is 1.36. The first kappa shape index (κ1) is 21.6. The fourth-order valence-electron chi connectivity index (χ4n) is 2.13. The number of aromatic carboxylic acids is 2. The van der Waals surface area contributed by atoms with Crippen molar-refractivity contribution < 1.29 is 24.7 Å². The van der Waals surface area contributed by atoms with E-state index in [0.29, 0.717) is 0 Å². The molecule has 0 amide bonds. The molecule has 0 aliphatic carbocycles. The standard InChI is InChI=1S/C8H5NO6.C7H7.C3H7.Sn/c10-7(11)4-2-1-3-5(9(14)15)6(4)8(12)13;1-7-5-3-2-4-6-7;1-3-2;/h1-3H,(H,10,11)(H,12,13);2-5H,1H3;1,3H2,2H3;. The zero-order chi connectivity index (χ0) is 19.7. The Bertz CT molecular complexity index is 774. The second-order valence-electron chi connectivity index (χ2n) is 5.31. The molecular weight excluding hydrogens is 445 g/mol. The number of carbonyl (C=O) groups is 2. The fraction of sp³-hybridized carbons (Fsp3) is 0.222. The molecule has 2 aromatic carbocycles. The second kappa shape index (κ2) is 10.5. The maximum absolute atomic E-state index is 10.7. The van der Waals surface area contributed by atoms with Crippen LogP contribution in [0.3, 0.4) is 0 Å². The molecule has 26 heavy (non-hydrogen) atoms. The Hall–Kier alpha value is -2.42. The van der Waals surface area contributed by atoms with Crippen LogP contribution in [0.2, 0.25) is 4.44 Å². The largest absolute Gasteiger partial charge is 0.478 e. The third-order valence-corrected chi connectivity index (χ3v) is 8.22. The number of nitrogens with zero attached hydrogens (tertiary/aromatic N) is 1. The van der Waals surface area contributed by atoms with Gasteiger partial charge in [-0.25, -0.2) is 9.59 Å². The Kier molecular flexibility index (Phi) is 8.77. The summed E-state index contributed by atoms with van der Waals surface area (Å²) in [5, 5.41) is 27.8. The SMILES string of the molecule is CC[CH2][Sn][c]1ccccc1C.O=C(O)c1cccc([N+](=O)[O-])c1C(=O)O. The summed E-state index contributed by atoms with van der Waals surface area (Å²) in [6.45, 7) is 4.50. The molecule has 136 valence electrons. The van der Waals surface area contributed by atoms with E-state index in [2.05, 4.69) is 38.1 Å². The molecule has 2 radical (unpaired) electrons. The van der Waals surface area contributed by atoms with Crippen LogP contribution in [0.15, 0.2) is 42.5 Å². The molecule has 7 nitrogen and oxygen atoms in total. The molecule has 0 fully saturated rings. The number of benzene rings is 2. The van der Waals surface area contributed by atoms with Gasteiger partial charge in [-0.1, -0.05) is 6.07 Å². The van der Waals surface area contributed by atoms with Crippen LogP contribution in [0.4, 0.5) is 5.69 Å². The van der Waals surface area contributed by atoms with Crippen LogP contribution >= 0.6 is 0 Å². The number of hydrogen-bond donors (Lipinski definition) is 2. The number of hydrogen-bond acceptors (Lipinski definition) is 4. The number of carboxylic acids is 2. The normalized spacial score (nSPS) is 9.77. The molecule has 2 N–H and O–H groups in total. The monoisotopic (exact) mass is 465 g/mol. The molecule has 8 heteroatoms. The van der Waals surface area contributed by atoms with Gasteiger partial charge in [-0.05, 0) is 6.07 Å². The molecule has 0 saturated heterocycles. The summed E-state index contributed by atoms with van der Waals surface area (Å²) in [5.41, 5.74) is -0.637. The Morgan fingerprint density at radius 3 is 2.23 bits per heavy atom. The molecule has 0 aliphatic heterocycles. The van der Waals surface area contributed by atoms with Crippen LogP contribution < -0.4 is 3.58 Å². The Morgan fingerprint density at radius 1 is 1.08 bits per heavy atom. The first-order valence-corrected chi connectivity index (χ1v) is 11.3. The van der Waals surface area contributed by atoms with E-state index >= 15 is 0 Å². The van der Waals surface area contributed by atoms with E-state index in [9.17, 15) is 19.7 Å². The molecule has 0 heterocycles. The van der Waals surface area contributed by atoms with Gasteiger partial charge in [0.1, 0.15) is 0 Å². The molecule has 0 saturated carbocycles.